The highest BCUT2D eigenvalue weighted by Crippen LogP contribution is 2.29. The molecule has 0 saturated carbocycles. The van der Waals surface area contributed by atoms with E-state index in [9.17, 15) is 10.1 Å². The molecule has 0 bridgehead atoms. The maximum absolute atomic E-state index is 10.7. The van der Waals surface area contributed by atoms with Gasteiger partial charge >= 0.3 is 0 Å². The Balaban J connectivity index is 1.90. The number of piperazine rings is 1. The van der Waals surface area contributed by atoms with E-state index in [4.69, 9.17) is 4.74 Å². The Hall–Kier alpha value is -1.18. The van der Waals surface area contributed by atoms with E-state index < -0.39 is 4.92 Å². The Kier molecular flexibility index (Phi) is 5.55. The molecule has 1 aromatic rings. The third-order valence-corrected chi connectivity index (χ3v) is 4.36. The van der Waals surface area contributed by atoms with Gasteiger partial charge in [0.1, 0.15) is 12.4 Å². The molecule has 1 fully saturated rings. The van der Waals surface area contributed by atoms with Gasteiger partial charge in [0, 0.05) is 43.9 Å². The number of halogens is 1. The van der Waals surface area contributed by atoms with Gasteiger partial charge in [-0.25, -0.2) is 0 Å². The second-order valence-electron chi connectivity index (χ2n) is 5.31. The highest BCUT2D eigenvalue weighted by atomic mass is 79.9. The van der Waals surface area contributed by atoms with Crippen LogP contribution < -0.4 is 10.1 Å². The van der Waals surface area contributed by atoms with Gasteiger partial charge in [0.15, 0.2) is 0 Å². The summed E-state index contributed by atoms with van der Waals surface area (Å²) in [5, 5.41) is 14.1. The largest absolute Gasteiger partial charge is 0.491 e. The van der Waals surface area contributed by atoms with Gasteiger partial charge in [-0.3, -0.25) is 15.0 Å². The molecule has 2 unspecified atom stereocenters. The molecule has 1 heterocycles. The minimum absolute atomic E-state index is 0.0542. The molecule has 2 atom stereocenters. The van der Waals surface area contributed by atoms with Crippen molar-refractivity contribution in [1.82, 2.24) is 10.2 Å². The van der Waals surface area contributed by atoms with Gasteiger partial charge < -0.3 is 10.1 Å². The molecule has 0 aliphatic carbocycles. The van der Waals surface area contributed by atoms with Crippen LogP contribution in [0.4, 0.5) is 5.69 Å². The summed E-state index contributed by atoms with van der Waals surface area (Å²) >= 11 is 3.31. The standard InChI is InChI=1S/C14H20BrN3O3/c1-10-8-16-9-11(2)17(10)5-6-21-14-4-3-12(18(19)20)7-13(14)15/h3-4,7,10-11,16H,5-6,8-9H2,1-2H3. The lowest BCUT2D eigenvalue weighted by Crippen LogP contribution is -2.55. The number of nitro benzene ring substituents is 1. The van der Waals surface area contributed by atoms with Crippen molar-refractivity contribution in [2.24, 2.45) is 0 Å². The third-order valence-electron chi connectivity index (χ3n) is 3.75. The van der Waals surface area contributed by atoms with Crippen molar-refractivity contribution in [1.29, 1.82) is 0 Å². The number of nitro groups is 1. The van der Waals surface area contributed by atoms with Gasteiger partial charge in [-0.1, -0.05) is 0 Å². The van der Waals surface area contributed by atoms with Crippen LogP contribution in [0.3, 0.4) is 0 Å². The van der Waals surface area contributed by atoms with E-state index in [1.165, 1.54) is 12.1 Å². The highest BCUT2D eigenvalue weighted by Gasteiger charge is 2.23. The summed E-state index contributed by atoms with van der Waals surface area (Å²) in [6.45, 7) is 7.78. The van der Waals surface area contributed by atoms with Crippen LogP contribution in [0.2, 0.25) is 0 Å². The van der Waals surface area contributed by atoms with Crippen molar-refractivity contribution >= 4 is 21.6 Å². The number of rotatable bonds is 5. The zero-order valence-electron chi connectivity index (χ0n) is 12.2. The summed E-state index contributed by atoms with van der Waals surface area (Å²) in [6, 6.07) is 5.52. The molecule has 0 spiro atoms. The molecule has 1 N–H and O–H groups in total. The van der Waals surface area contributed by atoms with Crippen LogP contribution in [0, 0.1) is 10.1 Å². The molecule has 0 radical (unpaired) electrons. The Morgan fingerprint density at radius 3 is 2.67 bits per heavy atom. The van der Waals surface area contributed by atoms with Crippen molar-refractivity contribution in [3.63, 3.8) is 0 Å². The molecular weight excluding hydrogens is 338 g/mol. The monoisotopic (exact) mass is 357 g/mol. The Labute approximate surface area is 132 Å². The SMILES string of the molecule is CC1CNCC(C)N1CCOc1ccc([N+](=O)[O-])cc1Br. The average Bonchev–Trinajstić information content (AvgIpc) is 2.43. The fraction of sp³-hybridized carbons (Fsp3) is 0.571. The number of hydrogen-bond donors (Lipinski definition) is 1. The number of ether oxygens (including phenoxy) is 1. The third kappa shape index (κ3) is 4.15. The molecule has 1 saturated heterocycles. The van der Waals surface area contributed by atoms with Gasteiger partial charge in [-0.05, 0) is 35.8 Å². The maximum Gasteiger partial charge on any atom is 0.270 e. The van der Waals surface area contributed by atoms with Crippen LogP contribution in [0.25, 0.3) is 0 Å². The lowest BCUT2D eigenvalue weighted by Gasteiger charge is -2.39. The van der Waals surface area contributed by atoms with Gasteiger partial charge in [0.25, 0.3) is 5.69 Å². The Bertz CT molecular complexity index is 502. The number of nitrogens with zero attached hydrogens (tertiary/aromatic N) is 2. The van der Waals surface area contributed by atoms with Crippen LogP contribution >= 0.6 is 15.9 Å². The predicted octanol–water partition coefficient (Wildman–Crippen LogP) is 2.42. The first-order chi connectivity index (χ1) is 9.99. The summed E-state index contributed by atoms with van der Waals surface area (Å²) < 4.78 is 6.35. The van der Waals surface area contributed by atoms with E-state index in [2.05, 4.69) is 40.0 Å². The van der Waals surface area contributed by atoms with Crippen molar-refractivity contribution in [3.05, 3.63) is 32.8 Å². The second-order valence-corrected chi connectivity index (χ2v) is 6.17. The zero-order valence-corrected chi connectivity index (χ0v) is 13.8. The molecule has 21 heavy (non-hydrogen) atoms. The molecule has 1 aromatic carbocycles. The van der Waals surface area contributed by atoms with E-state index in [1.807, 2.05) is 0 Å². The van der Waals surface area contributed by atoms with E-state index in [1.54, 1.807) is 6.07 Å². The lowest BCUT2D eigenvalue weighted by atomic mass is 10.1. The van der Waals surface area contributed by atoms with Crippen LogP contribution in [0.1, 0.15) is 13.8 Å². The summed E-state index contributed by atoms with van der Waals surface area (Å²) in [6.07, 6.45) is 0. The predicted molar refractivity (Wildman–Crippen MR) is 84.8 cm³/mol. The first-order valence-electron chi connectivity index (χ1n) is 7.02. The summed E-state index contributed by atoms with van der Waals surface area (Å²) in [5.41, 5.74) is 0.0542. The zero-order chi connectivity index (χ0) is 15.4. The molecule has 7 heteroatoms. The normalized spacial score (nSPS) is 23.0. The topological polar surface area (TPSA) is 67.6 Å². The van der Waals surface area contributed by atoms with Gasteiger partial charge in [-0.15, -0.1) is 0 Å². The number of hydrogen-bond acceptors (Lipinski definition) is 5. The maximum atomic E-state index is 10.7. The van der Waals surface area contributed by atoms with Crippen molar-refractivity contribution in [3.8, 4) is 5.75 Å². The quantitative estimate of drug-likeness (QED) is 0.647. The van der Waals surface area contributed by atoms with E-state index in [-0.39, 0.29) is 5.69 Å². The molecule has 0 amide bonds. The molecule has 0 aromatic heterocycles. The molecule has 2 rings (SSSR count). The summed E-state index contributed by atoms with van der Waals surface area (Å²) in [5.74, 6) is 0.635. The second kappa shape index (κ2) is 7.20. The minimum Gasteiger partial charge on any atom is -0.491 e. The molecule has 116 valence electrons. The molecule has 1 aliphatic rings. The summed E-state index contributed by atoms with van der Waals surface area (Å²) in [7, 11) is 0. The summed E-state index contributed by atoms with van der Waals surface area (Å²) in [4.78, 5) is 12.7. The molecule has 1 aliphatic heterocycles. The van der Waals surface area contributed by atoms with Crippen molar-refractivity contribution < 1.29 is 9.66 Å². The number of nitrogens with one attached hydrogen (secondary N) is 1. The Morgan fingerprint density at radius 1 is 1.43 bits per heavy atom. The van der Waals surface area contributed by atoms with Crippen LogP contribution in [0.5, 0.6) is 5.75 Å². The fourth-order valence-electron chi connectivity index (χ4n) is 2.59. The number of non-ortho nitro benzene ring substituents is 1. The lowest BCUT2D eigenvalue weighted by molar-refractivity contribution is -0.385. The first kappa shape index (κ1) is 16.2. The Morgan fingerprint density at radius 2 is 2.10 bits per heavy atom. The van der Waals surface area contributed by atoms with Gasteiger partial charge in [-0.2, -0.15) is 0 Å². The van der Waals surface area contributed by atoms with Crippen molar-refractivity contribution in [2.75, 3.05) is 26.2 Å². The average molecular weight is 358 g/mol. The molecular formula is C14H20BrN3O3. The number of benzene rings is 1. The van der Waals surface area contributed by atoms with Crippen LogP contribution in [-0.4, -0.2) is 48.1 Å². The van der Waals surface area contributed by atoms with E-state index >= 15 is 0 Å². The highest BCUT2D eigenvalue weighted by molar-refractivity contribution is 9.10. The fourth-order valence-corrected chi connectivity index (χ4v) is 3.07. The smallest absolute Gasteiger partial charge is 0.270 e. The van der Waals surface area contributed by atoms with E-state index in [0.29, 0.717) is 28.9 Å². The molecule has 6 nitrogen and oxygen atoms in total. The first-order valence-corrected chi connectivity index (χ1v) is 7.81. The van der Waals surface area contributed by atoms with Crippen molar-refractivity contribution in [2.45, 2.75) is 25.9 Å². The van der Waals surface area contributed by atoms with Crippen LogP contribution in [-0.2, 0) is 0 Å². The van der Waals surface area contributed by atoms with E-state index in [0.717, 1.165) is 19.6 Å². The van der Waals surface area contributed by atoms with Gasteiger partial charge in [0.05, 0.1) is 9.40 Å². The van der Waals surface area contributed by atoms with Gasteiger partial charge in [0.2, 0.25) is 0 Å². The van der Waals surface area contributed by atoms with Crippen LogP contribution in [0.15, 0.2) is 22.7 Å². The minimum atomic E-state index is -0.418.